The number of hydrogen-bond acceptors (Lipinski definition) is 1. The maximum atomic E-state index is 13.5. The number of halogens is 5. The van der Waals surface area contributed by atoms with E-state index in [1.54, 1.807) is 0 Å². The zero-order valence-corrected chi connectivity index (χ0v) is 11.7. The third-order valence-electron chi connectivity index (χ3n) is 2.95. The summed E-state index contributed by atoms with van der Waals surface area (Å²) in [6.07, 6.45) is -0.165. The molecular weight excluding hydrogens is 338 g/mol. The van der Waals surface area contributed by atoms with Crippen LogP contribution in [0.15, 0.2) is 34.8 Å². The Labute approximate surface area is 121 Å². The summed E-state index contributed by atoms with van der Waals surface area (Å²) in [5, 5.41) is 0. The first kappa shape index (κ1) is 15.0. The first-order valence-corrected chi connectivity index (χ1v) is 6.53. The van der Waals surface area contributed by atoms with E-state index in [4.69, 9.17) is 5.73 Å². The Bertz CT molecular complexity index is 625. The average Bonchev–Trinajstić information content (AvgIpc) is 2.40. The van der Waals surface area contributed by atoms with Gasteiger partial charge < -0.3 is 5.73 Å². The van der Waals surface area contributed by atoms with E-state index >= 15 is 0 Å². The lowest BCUT2D eigenvalue weighted by Crippen LogP contribution is -2.16. The van der Waals surface area contributed by atoms with E-state index in [1.165, 1.54) is 12.1 Å². The maximum Gasteiger partial charge on any atom is 0.173 e. The van der Waals surface area contributed by atoms with Crippen LogP contribution in [-0.4, -0.2) is 0 Å². The predicted octanol–water partition coefficient (Wildman–Crippen LogP) is 4.25. The molecule has 2 N–H and O–H groups in total. The van der Waals surface area contributed by atoms with Crippen molar-refractivity contribution in [2.75, 3.05) is 0 Å². The van der Waals surface area contributed by atoms with Gasteiger partial charge in [-0.3, -0.25) is 0 Å². The summed E-state index contributed by atoms with van der Waals surface area (Å²) < 4.78 is 53.4. The topological polar surface area (TPSA) is 26.0 Å². The molecule has 1 nitrogen and oxygen atoms in total. The largest absolute Gasteiger partial charge is 0.324 e. The van der Waals surface area contributed by atoms with Crippen molar-refractivity contribution in [3.05, 3.63) is 69.2 Å². The third-order valence-corrected chi connectivity index (χ3v) is 3.76. The van der Waals surface area contributed by atoms with Crippen LogP contribution >= 0.6 is 15.9 Å². The van der Waals surface area contributed by atoms with Gasteiger partial charge in [-0.2, -0.15) is 0 Å². The molecule has 0 aliphatic heterocycles. The van der Waals surface area contributed by atoms with Gasteiger partial charge in [-0.05, 0) is 46.1 Å². The number of nitrogens with two attached hydrogens (primary N) is 1. The SMILES string of the molecule is NC(Cc1c(F)cccc1F)c1ccc(F)c(F)c1Br. The van der Waals surface area contributed by atoms with Crippen LogP contribution in [0.4, 0.5) is 17.6 Å². The lowest BCUT2D eigenvalue weighted by Gasteiger charge is -2.15. The molecule has 0 spiro atoms. The fourth-order valence-corrected chi connectivity index (χ4v) is 2.50. The lowest BCUT2D eigenvalue weighted by molar-refractivity contribution is 0.498. The molecule has 0 amide bonds. The van der Waals surface area contributed by atoms with Crippen LogP contribution in [0.5, 0.6) is 0 Å². The summed E-state index contributed by atoms with van der Waals surface area (Å²) >= 11 is 2.90. The Hall–Kier alpha value is -1.40. The second-order valence-electron chi connectivity index (χ2n) is 4.28. The summed E-state index contributed by atoms with van der Waals surface area (Å²) in [5.74, 6) is -3.55. The molecule has 0 saturated heterocycles. The molecule has 1 atom stereocenters. The molecule has 0 aromatic heterocycles. The highest BCUT2D eigenvalue weighted by atomic mass is 79.9. The van der Waals surface area contributed by atoms with E-state index in [0.29, 0.717) is 0 Å². The van der Waals surface area contributed by atoms with Crippen molar-refractivity contribution in [3.63, 3.8) is 0 Å². The van der Waals surface area contributed by atoms with Gasteiger partial charge in [-0.25, -0.2) is 17.6 Å². The lowest BCUT2D eigenvalue weighted by atomic mass is 9.99. The Morgan fingerprint density at radius 3 is 2.15 bits per heavy atom. The highest BCUT2D eigenvalue weighted by molar-refractivity contribution is 9.10. The Morgan fingerprint density at radius 1 is 0.950 bits per heavy atom. The standard InChI is InChI=1S/C14H10BrF4N/c15-13-7(4-5-11(18)14(13)19)12(20)6-8-9(16)2-1-3-10(8)17/h1-5,12H,6,20H2. The van der Waals surface area contributed by atoms with E-state index in [9.17, 15) is 17.6 Å². The van der Waals surface area contributed by atoms with Crippen molar-refractivity contribution in [2.45, 2.75) is 12.5 Å². The molecule has 0 radical (unpaired) electrons. The molecule has 0 saturated carbocycles. The molecule has 0 aliphatic carbocycles. The smallest absolute Gasteiger partial charge is 0.173 e. The van der Waals surface area contributed by atoms with E-state index in [0.717, 1.165) is 18.2 Å². The fourth-order valence-electron chi connectivity index (χ4n) is 1.88. The van der Waals surface area contributed by atoms with E-state index in [2.05, 4.69) is 15.9 Å². The monoisotopic (exact) mass is 347 g/mol. The molecule has 0 fully saturated rings. The first-order valence-electron chi connectivity index (χ1n) is 5.73. The van der Waals surface area contributed by atoms with Crippen LogP contribution in [0.3, 0.4) is 0 Å². The molecular formula is C14H10BrF4N. The Kier molecular flexibility index (Phi) is 4.45. The summed E-state index contributed by atoms with van der Waals surface area (Å²) in [6, 6.07) is 4.81. The van der Waals surface area contributed by atoms with Gasteiger partial charge in [0.05, 0.1) is 4.47 Å². The minimum Gasteiger partial charge on any atom is -0.324 e. The highest BCUT2D eigenvalue weighted by Crippen LogP contribution is 2.29. The van der Waals surface area contributed by atoms with Gasteiger partial charge in [-0.1, -0.05) is 12.1 Å². The minimum absolute atomic E-state index is 0.137. The van der Waals surface area contributed by atoms with Crippen molar-refractivity contribution in [1.29, 1.82) is 0 Å². The molecule has 106 valence electrons. The van der Waals surface area contributed by atoms with Gasteiger partial charge >= 0.3 is 0 Å². The van der Waals surface area contributed by atoms with Gasteiger partial charge in [0.25, 0.3) is 0 Å². The summed E-state index contributed by atoms with van der Waals surface area (Å²) in [7, 11) is 0. The molecule has 20 heavy (non-hydrogen) atoms. The highest BCUT2D eigenvalue weighted by Gasteiger charge is 2.19. The van der Waals surface area contributed by atoms with Crippen molar-refractivity contribution in [2.24, 2.45) is 5.73 Å². The van der Waals surface area contributed by atoms with Gasteiger partial charge in [0.1, 0.15) is 11.6 Å². The van der Waals surface area contributed by atoms with E-state index < -0.39 is 29.3 Å². The molecule has 2 aromatic rings. The molecule has 1 unspecified atom stereocenters. The van der Waals surface area contributed by atoms with Crippen LogP contribution in [0.1, 0.15) is 17.2 Å². The van der Waals surface area contributed by atoms with Crippen molar-refractivity contribution < 1.29 is 17.6 Å². The minimum atomic E-state index is -1.08. The van der Waals surface area contributed by atoms with Gasteiger partial charge in [0.15, 0.2) is 11.6 Å². The molecule has 0 aliphatic rings. The van der Waals surface area contributed by atoms with Gasteiger partial charge in [-0.15, -0.1) is 0 Å². The van der Waals surface area contributed by atoms with Crippen molar-refractivity contribution in [3.8, 4) is 0 Å². The van der Waals surface area contributed by atoms with Crippen LogP contribution in [0, 0.1) is 23.3 Å². The normalized spacial score (nSPS) is 12.5. The van der Waals surface area contributed by atoms with Crippen molar-refractivity contribution in [1.82, 2.24) is 0 Å². The van der Waals surface area contributed by atoms with Crippen LogP contribution < -0.4 is 5.73 Å². The first-order chi connectivity index (χ1) is 9.41. The zero-order valence-electron chi connectivity index (χ0n) is 10.1. The molecule has 6 heteroatoms. The zero-order chi connectivity index (χ0) is 14.9. The Balaban J connectivity index is 2.34. The summed E-state index contributed by atoms with van der Waals surface area (Å²) in [4.78, 5) is 0. The van der Waals surface area contributed by atoms with Crippen molar-refractivity contribution >= 4 is 15.9 Å². The quantitative estimate of drug-likeness (QED) is 0.651. The second-order valence-corrected chi connectivity index (χ2v) is 5.07. The van der Waals surface area contributed by atoms with Crippen LogP contribution in [-0.2, 0) is 6.42 Å². The van der Waals surface area contributed by atoms with E-state index in [-0.39, 0.29) is 22.0 Å². The van der Waals surface area contributed by atoms with Gasteiger partial charge in [0, 0.05) is 11.6 Å². The second kappa shape index (κ2) is 5.93. The predicted molar refractivity (Wildman–Crippen MR) is 71.0 cm³/mol. The number of benzene rings is 2. The molecule has 0 bridgehead atoms. The van der Waals surface area contributed by atoms with Crippen LogP contribution in [0.2, 0.25) is 0 Å². The van der Waals surface area contributed by atoms with Crippen LogP contribution in [0.25, 0.3) is 0 Å². The fraction of sp³-hybridized carbons (Fsp3) is 0.143. The number of rotatable bonds is 3. The maximum absolute atomic E-state index is 13.5. The van der Waals surface area contributed by atoms with Gasteiger partial charge in [0.2, 0.25) is 0 Å². The van der Waals surface area contributed by atoms with E-state index in [1.807, 2.05) is 0 Å². The molecule has 2 aromatic carbocycles. The molecule has 0 heterocycles. The number of hydrogen-bond donors (Lipinski definition) is 1. The summed E-state index contributed by atoms with van der Waals surface area (Å²) in [6.45, 7) is 0. The third kappa shape index (κ3) is 2.86. The molecule has 2 rings (SSSR count). The average molecular weight is 348 g/mol. The Morgan fingerprint density at radius 2 is 1.55 bits per heavy atom. The summed E-state index contributed by atoms with van der Waals surface area (Å²) in [5.41, 5.74) is 5.89.